The number of methoxy groups -OCH3 is 1. The van der Waals surface area contributed by atoms with Crippen LogP contribution < -0.4 is 4.72 Å². The molecule has 21 heavy (non-hydrogen) atoms. The molecule has 0 aliphatic carbocycles. The number of halogens is 1. The number of anilines is 1. The summed E-state index contributed by atoms with van der Waals surface area (Å²) >= 11 is 0. The molecule has 0 atom stereocenters. The third-order valence-electron chi connectivity index (χ3n) is 2.64. The molecule has 7 heteroatoms. The third-order valence-corrected chi connectivity index (χ3v) is 4.02. The van der Waals surface area contributed by atoms with Crippen molar-refractivity contribution in [1.29, 1.82) is 0 Å². The summed E-state index contributed by atoms with van der Waals surface area (Å²) in [5.74, 6) is -1.20. The van der Waals surface area contributed by atoms with Crippen molar-refractivity contribution >= 4 is 21.7 Å². The summed E-state index contributed by atoms with van der Waals surface area (Å²) in [7, 11) is -2.72. The average molecular weight is 309 g/mol. The van der Waals surface area contributed by atoms with Gasteiger partial charge in [-0.05, 0) is 36.4 Å². The molecular weight excluding hydrogens is 297 g/mol. The molecule has 5 nitrogen and oxygen atoms in total. The number of ether oxygens (including phenoxy) is 1. The molecule has 110 valence electrons. The highest BCUT2D eigenvalue weighted by molar-refractivity contribution is 7.92. The lowest BCUT2D eigenvalue weighted by atomic mass is 10.2. The van der Waals surface area contributed by atoms with E-state index in [0.29, 0.717) is 0 Å². The summed E-state index contributed by atoms with van der Waals surface area (Å²) in [6.07, 6.45) is 0. The van der Waals surface area contributed by atoms with Crippen molar-refractivity contribution in [2.45, 2.75) is 4.90 Å². The summed E-state index contributed by atoms with van der Waals surface area (Å²) in [6, 6.07) is 10.4. The summed E-state index contributed by atoms with van der Waals surface area (Å²) in [4.78, 5) is 11.3. The maximum Gasteiger partial charge on any atom is 0.337 e. The molecule has 1 N–H and O–H groups in total. The van der Waals surface area contributed by atoms with E-state index < -0.39 is 21.8 Å². The lowest BCUT2D eigenvalue weighted by molar-refractivity contribution is 0.0600. The zero-order valence-corrected chi connectivity index (χ0v) is 11.9. The summed E-state index contributed by atoms with van der Waals surface area (Å²) in [5, 5.41) is 0. The van der Waals surface area contributed by atoms with Crippen LogP contribution in [0.3, 0.4) is 0 Å². The van der Waals surface area contributed by atoms with Gasteiger partial charge in [-0.3, -0.25) is 4.72 Å². The molecule has 0 aliphatic heterocycles. The van der Waals surface area contributed by atoms with Gasteiger partial charge in [0, 0.05) is 0 Å². The Morgan fingerprint density at radius 3 is 2.52 bits per heavy atom. The maximum atomic E-state index is 13.1. The first-order valence-corrected chi connectivity index (χ1v) is 7.37. The number of carbonyl (C=O) groups is 1. The van der Waals surface area contributed by atoms with Gasteiger partial charge in [0.2, 0.25) is 0 Å². The van der Waals surface area contributed by atoms with E-state index in [1.54, 1.807) is 0 Å². The Morgan fingerprint density at radius 1 is 1.14 bits per heavy atom. The highest BCUT2D eigenvalue weighted by Crippen LogP contribution is 2.18. The average Bonchev–Trinajstić information content (AvgIpc) is 2.46. The number of sulfonamides is 1. The predicted octanol–water partition coefficient (Wildman–Crippen LogP) is 2.41. The number of rotatable bonds is 4. The Morgan fingerprint density at radius 2 is 1.86 bits per heavy atom. The minimum absolute atomic E-state index is 0.0958. The van der Waals surface area contributed by atoms with E-state index in [-0.39, 0.29) is 16.1 Å². The van der Waals surface area contributed by atoms with E-state index in [4.69, 9.17) is 0 Å². The first-order valence-electron chi connectivity index (χ1n) is 5.89. The Hall–Kier alpha value is -2.41. The smallest absolute Gasteiger partial charge is 0.337 e. The van der Waals surface area contributed by atoms with E-state index in [0.717, 1.165) is 6.07 Å². The van der Waals surface area contributed by atoms with Gasteiger partial charge in [0.1, 0.15) is 5.82 Å². The van der Waals surface area contributed by atoms with Crippen molar-refractivity contribution < 1.29 is 22.3 Å². The minimum Gasteiger partial charge on any atom is -0.465 e. The van der Waals surface area contributed by atoms with Crippen molar-refractivity contribution in [3.05, 3.63) is 59.9 Å². The molecule has 0 aliphatic rings. The van der Waals surface area contributed by atoms with E-state index in [1.165, 1.54) is 49.6 Å². The standard InChI is InChI=1S/C14H12FNO4S/c1-20-14(17)10-4-2-7-13(8-10)21(18,19)16-12-6-3-5-11(15)9-12/h2-9,16H,1H3. The monoisotopic (exact) mass is 309 g/mol. The van der Waals surface area contributed by atoms with Crippen LogP contribution in [-0.2, 0) is 14.8 Å². The van der Waals surface area contributed by atoms with Crippen LogP contribution in [-0.4, -0.2) is 21.5 Å². The number of hydrogen-bond acceptors (Lipinski definition) is 4. The van der Waals surface area contributed by atoms with Crippen LogP contribution in [0.1, 0.15) is 10.4 Å². The Balaban J connectivity index is 2.33. The highest BCUT2D eigenvalue weighted by atomic mass is 32.2. The van der Waals surface area contributed by atoms with E-state index in [1.807, 2.05) is 0 Å². The van der Waals surface area contributed by atoms with Crippen molar-refractivity contribution in [3.8, 4) is 0 Å². The number of benzene rings is 2. The van der Waals surface area contributed by atoms with Crippen LogP contribution in [0.15, 0.2) is 53.4 Å². The van der Waals surface area contributed by atoms with Crippen molar-refractivity contribution in [3.63, 3.8) is 0 Å². The molecule has 2 aromatic carbocycles. The first-order chi connectivity index (χ1) is 9.92. The van der Waals surface area contributed by atoms with Gasteiger partial charge in [-0.25, -0.2) is 17.6 Å². The molecule has 0 fully saturated rings. The zero-order valence-electron chi connectivity index (χ0n) is 11.0. The largest absolute Gasteiger partial charge is 0.465 e. The Bertz CT molecular complexity index is 774. The minimum atomic E-state index is -3.92. The fraction of sp³-hybridized carbons (Fsp3) is 0.0714. The predicted molar refractivity (Wildman–Crippen MR) is 75.0 cm³/mol. The fourth-order valence-electron chi connectivity index (χ4n) is 1.67. The van der Waals surface area contributed by atoms with E-state index >= 15 is 0 Å². The summed E-state index contributed by atoms with van der Waals surface area (Å²) < 4.78 is 44.2. The second kappa shape index (κ2) is 5.92. The SMILES string of the molecule is COC(=O)c1cccc(S(=O)(=O)Nc2cccc(F)c2)c1. The van der Waals surface area contributed by atoms with Crippen LogP contribution in [0.5, 0.6) is 0 Å². The van der Waals surface area contributed by atoms with Gasteiger partial charge in [0.15, 0.2) is 0 Å². The number of nitrogens with one attached hydrogen (secondary N) is 1. The fourth-order valence-corrected chi connectivity index (χ4v) is 2.77. The third kappa shape index (κ3) is 3.57. The van der Waals surface area contributed by atoms with Gasteiger partial charge in [0.25, 0.3) is 10.0 Å². The molecule has 0 spiro atoms. The van der Waals surface area contributed by atoms with Gasteiger partial charge >= 0.3 is 5.97 Å². The van der Waals surface area contributed by atoms with Crippen molar-refractivity contribution in [2.75, 3.05) is 11.8 Å². The topological polar surface area (TPSA) is 72.5 Å². The molecule has 0 bridgehead atoms. The molecule has 0 heterocycles. The summed E-state index contributed by atoms with van der Waals surface area (Å²) in [6.45, 7) is 0. The maximum absolute atomic E-state index is 13.1. The lowest BCUT2D eigenvalue weighted by Gasteiger charge is -2.09. The Kier molecular flexibility index (Phi) is 4.23. The van der Waals surface area contributed by atoms with Crippen LogP contribution >= 0.6 is 0 Å². The highest BCUT2D eigenvalue weighted by Gasteiger charge is 2.16. The lowest BCUT2D eigenvalue weighted by Crippen LogP contribution is -2.14. The van der Waals surface area contributed by atoms with Crippen molar-refractivity contribution in [2.24, 2.45) is 0 Å². The molecule has 0 amide bonds. The number of esters is 1. The normalized spacial score (nSPS) is 11.0. The molecule has 0 aromatic heterocycles. The van der Waals surface area contributed by atoms with Crippen LogP contribution in [0.4, 0.5) is 10.1 Å². The molecule has 0 radical (unpaired) electrons. The van der Waals surface area contributed by atoms with Gasteiger partial charge in [-0.15, -0.1) is 0 Å². The molecule has 0 saturated heterocycles. The van der Waals surface area contributed by atoms with E-state index in [2.05, 4.69) is 9.46 Å². The van der Waals surface area contributed by atoms with Gasteiger partial charge in [0.05, 0.1) is 23.3 Å². The van der Waals surface area contributed by atoms with Crippen LogP contribution in [0.2, 0.25) is 0 Å². The van der Waals surface area contributed by atoms with E-state index in [9.17, 15) is 17.6 Å². The number of hydrogen-bond donors (Lipinski definition) is 1. The molecule has 0 unspecified atom stereocenters. The molecule has 2 rings (SSSR count). The molecular formula is C14H12FNO4S. The summed E-state index contributed by atoms with van der Waals surface area (Å²) in [5.41, 5.74) is 0.207. The molecule has 2 aromatic rings. The second-order valence-electron chi connectivity index (χ2n) is 4.14. The van der Waals surface area contributed by atoms with Crippen LogP contribution in [0, 0.1) is 5.82 Å². The molecule has 0 saturated carbocycles. The quantitative estimate of drug-likeness (QED) is 0.880. The number of carbonyl (C=O) groups excluding carboxylic acids is 1. The van der Waals surface area contributed by atoms with Crippen molar-refractivity contribution in [1.82, 2.24) is 0 Å². The first kappa shape index (κ1) is 15.0. The van der Waals surface area contributed by atoms with Crippen LogP contribution in [0.25, 0.3) is 0 Å². The zero-order chi connectivity index (χ0) is 15.5. The van der Waals surface area contributed by atoms with Gasteiger partial charge in [-0.1, -0.05) is 12.1 Å². The Labute approximate surface area is 121 Å². The van der Waals surface area contributed by atoms with Gasteiger partial charge < -0.3 is 4.74 Å². The second-order valence-corrected chi connectivity index (χ2v) is 5.82. The van der Waals surface area contributed by atoms with Gasteiger partial charge in [-0.2, -0.15) is 0 Å².